The van der Waals surface area contributed by atoms with Gasteiger partial charge in [-0.2, -0.15) is 13.2 Å². The van der Waals surface area contributed by atoms with Gasteiger partial charge >= 0.3 is 6.18 Å². The summed E-state index contributed by atoms with van der Waals surface area (Å²) in [6.07, 6.45) is -4.43. The lowest BCUT2D eigenvalue weighted by Gasteiger charge is -2.17. The lowest BCUT2D eigenvalue weighted by molar-refractivity contribution is -0.137. The monoisotopic (exact) mass is 873 g/mol. The van der Waals surface area contributed by atoms with Crippen molar-refractivity contribution in [3.05, 3.63) is 223 Å². The maximum atomic E-state index is 13.7. The van der Waals surface area contributed by atoms with Gasteiger partial charge in [0.15, 0.2) is 17.5 Å². The number of rotatable bonds is 7. The standard InChI is InChI=1S/C59H38F3N5/c1-37-34-42(59(60,61)62)30-31-44(37)40-28-32-52-48(35-40)46-22-11-13-25-50(46)67(52)53-33-29-41(45-24-15-27-54-55(45)47-23-12-14-26-51(47)66(54)43-20-9-4-10-21-43)36-49(53)58-64-56(38-16-5-2-6-17-38)63-57(65-58)39-18-7-3-8-19-39/h2-36H,1H3. The molecule has 9 aromatic carbocycles. The van der Waals surface area contributed by atoms with Crippen LogP contribution in [0, 0.1) is 6.92 Å². The average molecular weight is 874 g/mol. The third-order valence-corrected chi connectivity index (χ3v) is 12.7. The average Bonchev–Trinajstić information content (AvgIpc) is 3.89. The van der Waals surface area contributed by atoms with Crippen LogP contribution in [-0.4, -0.2) is 24.1 Å². The van der Waals surface area contributed by atoms with Crippen molar-refractivity contribution in [1.82, 2.24) is 24.1 Å². The fraction of sp³-hybridized carbons (Fsp3) is 0.0339. The van der Waals surface area contributed by atoms with Crippen LogP contribution in [0.5, 0.6) is 0 Å². The van der Waals surface area contributed by atoms with Gasteiger partial charge in [0.25, 0.3) is 0 Å². The zero-order valence-electron chi connectivity index (χ0n) is 36.1. The summed E-state index contributed by atoms with van der Waals surface area (Å²) in [4.78, 5) is 15.6. The van der Waals surface area contributed by atoms with Gasteiger partial charge in [-0.3, -0.25) is 0 Å². The van der Waals surface area contributed by atoms with Crippen LogP contribution in [0.3, 0.4) is 0 Å². The van der Waals surface area contributed by atoms with Crippen molar-refractivity contribution in [3.63, 3.8) is 0 Å². The highest BCUT2D eigenvalue weighted by Crippen LogP contribution is 2.43. The van der Waals surface area contributed by atoms with Crippen LogP contribution in [0.2, 0.25) is 0 Å². The summed E-state index contributed by atoms with van der Waals surface area (Å²) in [7, 11) is 0. The Labute approximate surface area is 383 Å². The minimum absolute atomic E-state index is 0.506. The molecule has 0 aliphatic heterocycles. The Morgan fingerprint density at radius 3 is 1.60 bits per heavy atom. The van der Waals surface area contributed by atoms with Gasteiger partial charge in [-0.25, -0.2) is 15.0 Å². The van der Waals surface area contributed by atoms with E-state index in [1.165, 1.54) is 6.07 Å². The summed E-state index contributed by atoms with van der Waals surface area (Å²) in [5.74, 6) is 1.60. The minimum Gasteiger partial charge on any atom is -0.309 e. The van der Waals surface area contributed by atoms with Gasteiger partial charge in [-0.1, -0.05) is 146 Å². The lowest BCUT2D eigenvalue weighted by Crippen LogP contribution is -2.05. The summed E-state index contributed by atoms with van der Waals surface area (Å²) in [6, 6.07) is 70.3. The second kappa shape index (κ2) is 15.8. The smallest absolute Gasteiger partial charge is 0.309 e. The molecule has 0 saturated carbocycles. The highest BCUT2D eigenvalue weighted by molar-refractivity contribution is 6.16. The molecule has 67 heavy (non-hydrogen) atoms. The van der Waals surface area contributed by atoms with Crippen LogP contribution >= 0.6 is 0 Å². The molecule has 8 heteroatoms. The quantitative estimate of drug-likeness (QED) is 0.160. The first-order chi connectivity index (χ1) is 32.8. The Bertz CT molecular complexity index is 3800. The summed E-state index contributed by atoms with van der Waals surface area (Å²) in [5, 5.41) is 4.24. The summed E-state index contributed by atoms with van der Waals surface area (Å²) < 4.78 is 45.7. The fourth-order valence-corrected chi connectivity index (χ4v) is 9.69. The second-order valence-electron chi connectivity index (χ2n) is 16.8. The van der Waals surface area contributed by atoms with Gasteiger partial charge < -0.3 is 9.13 Å². The van der Waals surface area contributed by atoms with Crippen molar-refractivity contribution in [2.75, 3.05) is 0 Å². The molecule has 0 saturated heterocycles. The van der Waals surface area contributed by atoms with Gasteiger partial charge in [0.1, 0.15) is 0 Å². The van der Waals surface area contributed by atoms with Gasteiger partial charge in [0, 0.05) is 43.9 Å². The number of halogens is 3. The lowest BCUT2D eigenvalue weighted by atomic mass is 9.96. The second-order valence-corrected chi connectivity index (χ2v) is 16.8. The van der Waals surface area contributed by atoms with E-state index in [0.29, 0.717) is 23.0 Å². The normalized spacial score (nSPS) is 11.9. The van der Waals surface area contributed by atoms with Gasteiger partial charge in [0.05, 0.1) is 33.3 Å². The van der Waals surface area contributed by atoms with Crippen LogP contribution in [0.4, 0.5) is 13.2 Å². The van der Waals surface area contributed by atoms with E-state index in [2.05, 4.69) is 118 Å². The molecule has 0 radical (unpaired) electrons. The number of alkyl halides is 3. The maximum absolute atomic E-state index is 13.7. The van der Waals surface area contributed by atoms with E-state index >= 15 is 0 Å². The molecule has 0 atom stereocenters. The van der Waals surface area contributed by atoms with Crippen LogP contribution in [0.1, 0.15) is 11.1 Å². The first-order valence-electron chi connectivity index (χ1n) is 22.1. The maximum Gasteiger partial charge on any atom is 0.416 e. The van der Waals surface area contributed by atoms with Crippen molar-refractivity contribution in [1.29, 1.82) is 0 Å². The summed E-state index contributed by atoms with van der Waals surface area (Å²) in [6.45, 7) is 1.73. The van der Waals surface area contributed by atoms with E-state index < -0.39 is 11.7 Å². The van der Waals surface area contributed by atoms with E-state index in [0.717, 1.165) is 100.0 Å². The molecule has 0 amide bonds. The molecular weight excluding hydrogens is 836 g/mol. The first-order valence-corrected chi connectivity index (χ1v) is 22.1. The Morgan fingerprint density at radius 1 is 0.373 bits per heavy atom. The zero-order valence-corrected chi connectivity index (χ0v) is 36.1. The first kappa shape index (κ1) is 39.9. The van der Waals surface area contributed by atoms with Crippen molar-refractivity contribution < 1.29 is 13.2 Å². The fourth-order valence-electron chi connectivity index (χ4n) is 9.69. The number of aryl methyl sites for hydroxylation is 1. The Morgan fingerprint density at radius 2 is 0.925 bits per heavy atom. The van der Waals surface area contributed by atoms with Crippen molar-refractivity contribution in [3.8, 4) is 67.8 Å². The van der Waals surface area contributed by atoms with Crippen LogP contribution < -0.4 is 0 Å². The van der Waals surface area contributed by atoms with Gasteiger partial charge in [0.2, 0.25) is 0 Å². The van der Waals surface area contributed by atoms with Crippen LogP contribution in [0.15, 0.2) is 212 Å². The molecule has 0 spiro atoms. The zero-order chi connectivity index (χ0) is 45.2. The molecule has 5 nitrogen and oxygen atoms in total. The van der Waals surface area contributed by atoms with Gasteiger partial charge in [-0.15, -0.1) is 0 Å². The molecule has 12 rings (SSSR count). The predicted octanol–water partition coefficient (Wildman–Crippen LogP) is 15.7. The van der Waals surface area contributed by atoms with Crippen LogP contribution in [-0.2, 0) is 6.18 Å². The topological polar surface area (TPSA) is 48.5 Å². The Hall–Kier alpha value is -8.62. The molecule has 0 unspecified atom stereocenters. The molecular formula is C59H38F3N5. The highest BCUT2D eigenvalue weighted by atomic mass is 19.4. The van der Waals surface area contributed by atoms with E-state index in [1.807, 2.05) is 84.9 Å². The molecule has 0 bridgehead atoms. The molecule has 0 aliphatic rings. The number of hydrogen-bond donors (Lipinski definition) is 0. The third kappa shape index (κ3) is 6.84. The third-order valence-electron chi connectivity index (χ3n) is 12.7. The molecule has 0 N–H and O–H groups in total. The molecule has 3 heterocycles. The minimum atomic E-state index is -4.43. The summed E-state index contributed by atoms with van der Waals surface area (Å²) >= 11 is 0. The van der Waals surface area contributed by atoms with Crippen LogP contribution in [0.25, 0.3) is 111 Å². The molecule has 0 aliphatic carbocycles. The molecule has 12 aromatic rings. The highest BCUT2D eigenvalue weighted by Gasteiger charge is 2.31. The molecule has 0 fully saturated rings. The largest absolute Gasteiger partial charge is 0.416 e. The number of hydrogen-bond acceptors (Lipinski definition) is 3. The summed E-state index contributed by atoms with van der Waals surface area (Å²) in [5.41, 5.74) is 12.1. The van der Waals surface area contributed by atoms with Crippen molar-refractivity contribution >= 4 is 43.6 Å². The van der Waals surface area contributed by atoms with E-state index in [-0.39, 0.29) is 0 Å². The number of para-hydroxylation sites is 3. The van der Waals surface area contributed by atoms with E-state index in [9.17, 15) is 13.2 Å². The van der Waals surface area contributed by atoms with E-state index in [1.54, 1.807) is 13.0 Å². The number of fused-ring (bicyclic) bond motifs is 6. The van der Waals surface area contributed by atoms with E-state index in [4.69, 9.17) is 15.0 Å². The predicted molar refractivity (Wildman–Crippen MR) is 265 cm³/mol. The SMILES string of the molecule is Cc1cc(C(F)(F)F)ccc1-c1ccc2c(c1)c1ccccc1n2-c1ccc(-c2cccc3c2c2ccccc2n3-c2ccccc2)cc1-c1nc(-c2ccccc2)nc(-c2ccccc2)n1. The van der Waals surface area contributed by atoms with Crippen molar-refractivity contribution in [2.45, 2.75) is 13.1 Å². The Kier molecular flexibility index (Phi) is 9.43. The molecule has 3 aromatic heterocycles. The number of benzene rings is 9. The number of nitrogens with zero attached hydrogens (tertiary/aromatic N) is 5. The Balaban J connectivity index is 1.14. The number of aromatic nitrogens is 5. The molecule has 320 valence electrons. The van der Waals surface area contributed by atoms with Crippen molar-refractivity contribution in [2.24, 2.45) is 0 Å². The van der Waals surface area contributed by atoms with Gasteiger partial charge in [-0.05, 0) is 101 Å².